The molecule has 3 heteroatoms. The van der Waals surface area contributed by atoms with E-state index < -0.39 is 0 Å². The molecule has 0 heterocycles. The van der Waals surface area contributed by atoms with Gasteiger partial charge in [-0.25, -0.2) is 4.39 Å². The second kappa shape index (κ2) is 5.98. The van der Waals surface area contributed by atoms with Crippen LogP contribution in [0.25, 0.3) is 0 Å². The van der Waals surface area contributed by atoms with Crippen LogP contribution in [0.15, 0.2) is 24.3 Å². The van der Waals surface area contributed by atoms with Gasteiger partial charge in [0, 0.05) is 31.1 Å². The van der Waals surface area contributed by atoms with Gasteiger partial charge < -0.3 is 4.90 Å². The molecule has 1 fully saturated rings. The van der Waals surface area contributed by atoms with Gasteiger partial charge in [-0.15, -0.1) is 0 Å². The Kier molecular flexibility index (Phi) is 4.34. The Morgan fingerprint density at radius 1 is 1.39 bits per heavy atom. The number of ketones is 1. The van der Waals surface area contributed by atoms with E-state index in [9.17, 15) is 9.18 Å². The average Bonchev–Trinajstić information content (AvgIpc) is 2.38. The van der Waals surface area contributed by atoms with Gasteiger partial charge in [-0.3, -0.25) is 4.79 Å². The number of nitrogens with zero attached hydrogens (tertiary/aromatic N) is 1. The Morgan fingerprint density at radius 3 is 2.89 bits per heavy atom. The van der Waals surface area contributed by atoms with Crippen molar-refractivity contribution in [2.24, 2.45) is 5.92 Å². The van der Waals surface area contributed by atoms with E-state index in [2.05, 4.69) is 4.90 Å². The lowest BCUT2D eigenvalue weighted by atomic mass is 9.87. The van der Waals surface area contributed by atoms with Gasteiger partial charge in [0.1, 0.15) is 11.6 Å². The number of rotatable bonds is 4. The van der Waals surface area contributed by atoms with Crippen molar-refractivity contribution in [3.05, 3.63) is 30.1 Å². The minimum Gasteiger partial charge on any atom is -0.371 e. The molecule has 1 aromatic rings. The Hall–Kier alpha value is -1.38. The SMILES string of the molecule is CCN(CC1CCCCC1=O)c1cccc(F)c1. The van der Waals surface area contributed by atoms with Crippen molar-refractivity contribution in [2.75, 3.05) is 18.0 Å². The van der Waals surface area contributed by atoms with Crippen LogP contribution >= 0.6 is 0 Å². The molecule has 0 saturated heterocycles. The van der Waals surface area contributed by atoms with E-state index in [0.29, 0.717) is 12.2 Å². The van der Waals surface area contributed by atoms with Gasteiger partial charge in [-0.1, -0.05) is 12.5 Å². The van der Waals surface area contributed by atoms with Gasteiger partial charge in [0.15, 0.2) is 0 Å². The summed E-state index contributed by atoms with van der Waals surface area (Å²) in [5, 5.41) is 0. The predicted octanol–water partition coefficient (Wildman–Crippen LogP) is 3.41. The van der Waals surface area contributed by atoms with Crippen molar-refractivity contribution in [2.45, 2.75) is 32.6 Å². The van der Waals surface area contributed by atoms with Crippen molar-refractivity contribution in [1.29, 1.82) is 0 Å². The van der Waals surface area contributed by atoms with Crippen LogP contribution in [-0.2, 0) is 4.79 Å². The normalized spacial score (nSPS) is 19.9. The minimum absolute atomic E-state index is 0.127. The summed E-state index contributed by atoms with van der Waals surface area (Å²) >= 11 is 0. The summed E-state index contributed by atoms with van der Waals surface area (Å²) in [6.45, 7) is 3.56. The molecule has 2 rings (SSSR count). The lowest BCUT2D eigenvalue weighted by Crippen LogP contribution is -2.34. The number of halogens is 1. The summed E-state index contributed by atoms with van der Waals surface area (Å²) in [6, 6.07) is 6.61. The van der Waals surface area contributed by atoms with Crippen LogP contribution in [-0.4, -0.2) is 18.9 Å². The summed E-state index contributed by atoms with van der Waals surface area (Å²) in [6.07, 6.45) is 3.86. The standard InChI is InChI=1S/C15H20FNO/c1-2-17(14-8-5-7-13(16)10-14)11-12-6-3-4-9-15(12)18/h5,7-8,10,12H,2-4,6,9,11H2,1H3. The molecule has 1 aromatic carbocycles. The molecular weight excluding hydrogens is 229 g/mol. The molecule has 1 aliphatic carbocycles. The maximum Gasteiger partial charge on any atom is 0.137 e. The van der Waals surface area contributed by atoms with Crippen molar-refractivity contribution < 1.29 is 9.18 Å². The third-order valence-electron chi connectivity index (χ3n) is 3.68. The van der Waals surface area contributed by atoms with E-state index >= 15 is 0 Å². The molecular formula is C15H20FNO. The van der Waals surface area contributed by atoms with Crippen LogP contribution in [0.1, 0.15) is 32.6 Å². The zero-order valence-electron chi connectivity index (χ0n) is 10.9. The smallest absolute Gasteiger partial charge is 0.137 e. The highest BCUT2D eigenvalue weighted by molar-refractivity contribution is 5.82. The lowest BCUT2D eigenvalue weighted by Gasteiger charge is -2.29. The van der Waals surface area contributed by atoms with Gasteiger partial charge in [-0.05, 0) is 38.0 Å². The number of hydrogen-bond acceptors (Lipinski definition) is 2. The summed E-state index contributed by atoms with van der Waals surface area (Å²) < 4.78 is 13.2. The van der Waals surface area contributed by atoms with Crippen LogP contribution in [0.3, 0.4) is 0 Å². The summed E-state index contributed by atoms with van der Waals surface area (Å²) in [4.78, 5) is 13.9. The lowest BCUT2D eigenvalue weighted by molar-refractivity contribution is -0.124. The fourth-order valence-electron chi connectivity index (χ4n) is 2.60. The Bertz CT molecular complexity index is 419. The molecule has 98 valence electrons. The first-order chi connectivity index (χ1) is 8.70. The van der Waals surface area contributed by atoms with E-state index in [-0.39, 0.29) is 11.7 Å². The first-order valence-electron chi connectivity index (χ1n) is 6.74. The number of Topliss-reactive ketones (excluding diaryl/α,β-unsaturated/α-hetero) is 1. The first kappa shape index (κ1) is 13.1. The molecule has 0 aromatic heterocycles. The zero-order valence-corrected chi connectivity index (χ0v) is 10.9. The van der Waals surface area contributed by atoms with E-state index in [1.165, 1.54) is 12.1 Å². The van der Waals surface area contributed by atoms with Crippen molar-refractivity contribution in [1.82, 2.24) is 0 Å². The molecule has 0 aliphatic heterocycles. The number of hydrogen-bond donors (Lipinski definition) is 0. The van der Waals surface area contributed by atoms with Gasteiger partial charge >= 0.3 is 0 Å². The average molecular weight is 249 g/mol. The molecule has 0 N–H and O–H groups in total. The molecule has 1 saturated carbocycles. The molecule has 0 amide bonds. The van der Waals surface area contributed by atoms with Crippen molar-refractivity contribution >= 4 is 11.5 Å². The monoisotopic (exact) mass is 249 g/mol. The molecule has 1 aliphatic rings. The third-order valence-corrected chi connectivity index (χ3v) is 3.68. The van der Waals surface area contributed by atoms with Gasteiger partial charge in [0.05, 0.1) is 0 Å². The maximum absolute atomic E-state index is 13.2. The van der Waals surface area contributed by atoms with Crippen molar-refractivity contribution in [3.63, 3.8) is 0 Å². The third kappa shape index (κ3) is 3.09. The van der Waals surface area contributed by atoms with Crippen molar-refractivity contribution in [3.8, 4) is 0 Å². The highest BCUT2D eigenvalue weighted by atomic mass is 19.1. The molecule has 2 nitrogen and oxygen atoms in total. The van der Waals surface area contributed by atoms with Gasteiger partial charge in [-0.2, -0.15) is 0 Å². The highest BCUT2D eigenvalue weighted by Crippen LogP contribution is 2.24. The molecule has 0 spiro atoms. The number of carbonyl (C=O) groups excluding carboxylic acids is 1. The van der Waals surface area contributed by atoms with E-state index in [0.717, 1.165) is 38.0 Å². The zero-order chi connectivity index (χ0) is 13.0. The largest absolute Gasteiger partial charge is 0.371 e. The quantitative estimate of drug-likeness (QED) is 0.815. The van der Waals surface area contributed by atoms with E-state index in [4.69, 9.17) is 0 Å². The molecule has 0 radical (unpaired) electrons. The Morgan fingerprint density at radius 2 is 2.22 bits per heavy atom. The number of benzene rings is 1. The maximum atomic E-state index is 13.2. The molecule has 1 unspecified atom stereocenters. The summed E-state index contributed by atoms with van der Waals surface area (Å²) in [7, 11) is 0. The highest BCUT2D eigenvalue weighted by Gasteiger charge is 2.24. The second-order valence-corrected chi connectivity index (χ2v) is 4.93. The molecule has 18 heavy (non-hydrogen) atoms. The Labute approximate surface area is 108 Å². The fraction of sp³-hybridized carbons (Fsp3) is 0.533. The second-order valence-electron chi connectivity index (χ2n) is 4.93. The molecule has 0 bridgehead atoms. The topological polar surface area (TPSA) is 20.3 Å². The van der Waals surface area contributed by atoms with Crippen LogP contribution < -0.4 is 4.90 Å². The van der Waals surface area contributed by atoms with Gasteiger partial charge in [0.25, 0.3) is 0 Å². The predicted molar refractivity (Wildman–Crippen MR) is 71.3 cm³/mol. The molecule has 1 atom stereocenters. The number of carbonyl (C=O) groups is 1. The summed E-state index contributed by atoms with van der Waals surface area (Å²) in [5.74, 6) is 0.277. The minimum atomic E-state index is -0.221. The van der Waals surface area contributed by atoms with Crippen LogP contribution in [0.2, 0.25) is 0 Å². The summed E-state index contributed by atoms with van der Waals surface area (Å²) in [5.41, 5.74) is 0.871. The Balaban J connectivity index is 2.07. The fourth-order valence-corrected chi connectivity index (χ4v) is 2.60. The first-order valence-corrected chi connectivity index (χ1v) is 6.74. The van der Waals surface area contributed by atoms with Crippen LogP contribution in [0, 0.1) is 11.7 Å². The van der Waals surface area contributed by atoms with Crippen LogP contribution in [0.5, 0.6) is 0 Å². The van der Waals surface area contributed by atoms with Gasteiger partial charge in [0.2, 0.25) is 0 Å². The van der Waals surface area contributed by atoms with E-state index in [1.807, 2.05) is 13.0 Å². The van der Waals surface area contributed by atoms with Crippen LogP contribution in [0.4, 0.5) is 10.1 Å². The van der Waals surface area contributed by atoms with E-state index in [1.54, 1.807) is 6.07 Å². The number of anilines is 1.